The molecule has 4 aromatic rings. The van der Waals surface area contributed by atoms with Gasteiger partial charge in [0.05, 0.1) is 0 Å². The van der Waals surface area contributed by atoms with Crippen LogP contribution in [0.15, 0.2) is 120 Å². The van der Waals surface area contributed by atoms with Crippen molar-refractivity contribution in [3.05, 3.63) is 131 Å². The molecule has 0 spiro atoms. The third-order valence-electron chi connectivity index (χ3n) is 10.1. The quantitative estimate of drug-likeness (QED) is 0.171. The topological polar surface area (TPSA) is 95.5 Å². The molecule has 7 atom stereocenters. The fourth-order valence-electron chi connectivity index (χ4n) is 7.50. The Morgan fingerprint density at radius 2 is 1.32 bits per heavy atom. The normalized spacial score (nSPS) is 26.5. The molecule has 3 heterocycles. The number of halogens is 1. The summed E-state index contributed by atoms with van der Waals surface area (Å²) in [5.41, 5.74) is 8.93. The van der Waals surface area contributed by atoms with Crippen molar-refractivity contribution in [3.8, 4) is 0 Å². The zero-order valence-electron chi connectivity index (χ0n) is 27.8. The van der Waals surface area contributed by atoms with Crippen LogP contribution in [0.2, 0.25) is 0 Å². The summed E-state index contributed by atoms with van der Waals surface area (Å²) in [5.74, 6) is 2.67. The Bertz CT molecular complexity index is 1720. The van der Waals surface area contributed by atoms with E-state index in [0.29, 0.717) is 11.5 Å². The van der Waals surface area contributed by atoms with Gasteiger partial charge in [-0.3, -0.25) is 0 Å². The van der Waals surface area contributed by atoms with E-state index < -0.39 is 10.2 Å². The number of hydrogen-bond acceptors (Lipinski definition) is 5. The van der Waals surface area contributed by atoms with Gasteiger partial charge in [-0.2, -0.15) is 18.2 Å². The van der Waals surface area contributed by atoms with Gasteiger partial charge in [-0.15, -0.1) is 32.6 Å². The molecule has 47 heavy (non-hydrogen) atoms. The zero-order chi connectivity index (χ0) is 33.4. The molecule has 1 saturated heterocycles. The first kappa shape index (κ1) is 38.1. The summed E-state index contributed by atoms with van der Waals surface area (Å²) in [6.07, 6.45) is 0. The van der Waals surface area contributed by atoms with Crippen molar-refractivity contribution in [1.82, 2.24) is 4.90 Å². The Hall–Kier alpha value is -1.74. The van der Waals surface area contributed by atoms with Crippen LogP contribution in [0.25, 0.3) is 10.8 Å². The molecular weight excluding hydrogens is 827 g/mol. The van der Waals surface area contributed by atoms with Gasteiger partial charge < -0.3 is 4.90 Å². The van der Waals surface area contributed by atoms with E-state index in [9.17, 15) is 0 Å². The fraction of sp³-hybridized carbons (Fsp3) is 0.316. The molecule has 0 amide bonds. The van der Waals surface area contributed by atoms with E-state index >= 15 is 0 Å². The third kappa shape index (κ3) is 7.71. The van der Waals surface area contributed by atoms with Crippen molar-refractivity contribution in [1.29, 1.82) is 0 Å². The number of fused-ring (bicyclic) bond motifs is 6. The molecule has 1 fully saturated rings. The first-order valence-electron chi connectivity index (χ1n) is 15.5. The van der Waals surface area contributed by atoms with Crippen LogP contribution in [0.1, 0.15) is 46.2 Å². The second kappa shape index (κ2) is 15.4. The van der Waals surface area contributed by atoms with E-state index in [1.54, 1.807) is 27.3 Å². The first-order valence-corrected chi connectivity index (χ1v) is 19.6. The summed E-state index contributed by atoms with van der Waals surface area (Å²) < 4.78 is 34.0. The number of hydrogen-bond donors (Lipinski definition) is 0. The molecule has 3 aliphatic heterocycles. The van der Waals surface area contributed by atoms with Crippen molar-refractivity contribution in [3.63, 3.8) is 0 Å². The van der Waals surface area contributed by atoms with E-state index in [-0.39, 0.29) is 36.9 Å². The summed E-state index contributed by atoms with van der Waals surface area (Å²) in [5, 5.41) is 5.78. The molecule has 0 unspecified atom stereocenters. The van der Waals surface area contributed by atoms with E-state index in [4.69, 9.17) is 18.6 Å². The number of rotatable bonds is 4. The first-order chi connectivity index (χ1) is 21.7. The minimum atomic E-state index is -4.94. The van der Waals surface area contributed by atoms with E-state index in [2.05, 4.69) is 156 Å². The largest absolute Gasteiger partial charge is 2.00 e. The molecule has 250 valence electrons. The third-order valence-corrected chi connectivity index (χ3v) is 17.0. The van der Waals surface area contributed by atoms with Crippen molar-refractivity contribution >= 4 is 37.2 Å². The maximum atomic E-state index is 8.49. The van der Waals surface area contributed by atoms with Gasteiger partial charge in [0.25, 0.3) is 0 Å². The van der Waals surface area contributed by atoms with Crippen LogP contribution in [0.5, 0.6) is 0 Å². The average Bonchev–Trinajstić information content (AvgIpc) is 3.57. The summed E-state index contributed by atoms with van der Waals surface area (Å²) >= 11 is 0. The van der Waals surface area contributed by atoms with Crippen LogP contribution < -0.4 is 29.2 Å². The minimum absolute atomic E-state index is 0. The zero-order valence-corrected chi connectivity index (χ0v) is 32.6. The van der Waals surface area contributed by atoms with Crippen LogP contribution in [0.3, 0.4) is 0 Å². The Balaban J connectivity index is 0.000000202. The fourth-order valence-corrected chi connectivity index (χ4v) is 16.0. The predicted octanol–water partition coefficient (Wildman–Crippen LogP) is 4.50. The molecular formula is C38H42ClNO4P2Pt. The van der Waals surface area contributed by atoms with Crippen molar-refractivity contribution in [2.24, 2.45) is 5.41 Å². The molecule has 0 radical (unpaired) electrons. The van der Waals surface area contributed by atoms with Crippen LogP contribution in [-0.4, -0.2) is 36.0 Å². The number of nitrogens with zero attached hydrogens (tertiary/aromatic N) is 1. The van der Waals surface area contributed by atoms with Crippen molar-refractivity contribution in [2.75, 3.05) is 14.1 Å². The molecule has 2 bridgehead atoms. The summed E-state index contributed by atoms with van der Waals surface area (Å²) in [6, 6.07) is 39.1. The molecule has 4 aromatic carbocycles. The molecule has 0 aliphatic carbocycles. The second-order valence-electron chi connectivity index (χ2n) is 12.7. The van der Waals surface area contributed by atoms with Gasteiger partial charge in [-0.1, -0.05) is 116 Å². The van der Waals surface area contributed by atoms with Gasteiger partial charge in [0.2, 0.25) is 0 Å². The SMILES string of the molecule is CC1=C[P@@](c2ccccc2)[C@H]2[C@@H]3C(C)=C(C)[C@@H]([P@]3c3ccccc3)[C@@]12C.C[C@H](c1[c-]ccc2ccccc12)N(C)C.[O-][Cl+3]([O-])([O-])[O-].[Pt+2]. The molecule has 9 heteroatoms. The minimum Gasteiger partial charge on any atom is -0.305 e. The van der Waals surface area contributed by atoms with Gasteiger partial charge in [0.1, 0.15) is 0 Å². The Morgan fingerprint density at radius 3 is 1.89 bits per heavy atom. The van der Waals surface area contributed by atoms with Crippen molar-refractivity contribution < 1.29 is 49.9 Å². The summed E-state index contributed by atoms with van der Waals surface area (Å²) in [6.45, 7) is 12.1. The molecule has 7 rings (SSSR count). The van der Waals surface area contributed by atoms with E-state index in [0.717, 1.165) is 17.0 Å². The Morgan fingerprint density at radius 1 is 0.787 bits per heavy atom. The van der Waals surface area contributed by atoms with Crippen LogP contribution in [0.4, 0.5) is 0 Å². The van der Waals surface area contributed by atoms with Crippen LogP contribution in [-0.2, 0) is 21.1 Å². The maximum Gasteiger partial charge on any atom is 2.00 e. The van der Waals surface area contributed by atoms with Crippen LogP contribution >= 0.6 is 15.8 Å². The van der Waals surface area contributed by atoms with Gasteiger partial charge in [0.15, 0.2) is 0 Å². The average molecular weight is 869 g/mol. The second-order valence-corrected chi connectivity index (χ2v) is 18.0. The monoisotopic (exact) mass is 868 g/mol. The standard InChI is InChI=1S/C24H26P2.C14H16N.ClHO4.Pt/c1-16-15-25(19-11-7-5-8-12-19)23-21-17(2)18(3)22(24(16,23)4)26(21)20-13-9-6-10-14-20;1-11(15(2)3)13-10-6-8-12-7-4-5-9-14(12)13;2-1(3,4)5;/h5-15,21-23H,1-4H3;4-9,11H,1-3H3;(H,2,3,4,5);/q;-1;;+2/p-1/t21-,22+,23-,24+,25-,26+;11-;;/m01../s1. The molecule has 0 saturated carbocycles. The van der Waals surface area contributed by atoms with Gasteiger partial charge in [0, 0.05) is 28.4 Å². The smallest absolute Gasteiger partial charge is 0.305 e. The number of allylic oxidation sites excluding steroid dienone is 3. The van der Waals surface area contributed by atoms with Gasteiger partial charge in [-0.25, -0.2) is 18.6 Å². The summed E-state index contributed by atoms with van der Waals surface area (Å²) in [7, 11) is -1.13. The molecule has 0 N–H and O–H groups in total. The summed E-state index contributed by atoms with van der Waals surface area (Å²) in [4.78, 5) is 2.21. The Labute approximate surface area is 298 Å². The van der Waals surface area contributed by atoms with Gasteiger partial charge in [-0.05, 0) is 60.3 Å². The number of benzene rings is 4. The molecule has 3 aliphatic rings. The Kier molecular flexibility index (Phi) is 12.5. The molecule has 5 nitrogen and oxygen atoms in total. The predicted molar refractivity (Wildman–Crippen MR) is 182 cm³/mol. The van der Waals surface area contributed by atoms with E-state index in [1.807, 2.05) is 6.07 Å². The van der Waals surface area contributed by atoms with E-state index in [1.165, 1.54) is 16.3 Å². The van der Waals surface area contributed by atoms with Gasteiger partial charge >= 0.3 is 21.1 Å². The molecule has 0 aromatic heterocycles. The van der Waals surface area contributed by atoms with Crippen LogP contribution in [0, 0.1) is 21.7 Å². The maximum absolute atomic E-state index is 8.49. The van der Waals surface area contributed by atoms with Crippen molar-refractivity contribution in [2.45, 2.75) is 57.6 Å².